The molecule has 1 amide bonds. The van der Waals surface area contributed by atoms with Gasteiger partial charge in [-0.15, -0.1) is 0 Å². The van der Waals surface area contributed by atoms with Crippen LogP contribution in [0.3, 0.4) is 0 Å². The largest absolute Gasteiger partial charge is 0.433 e. The molecule has 4 nitrogen and oxygen atoms in total. The van der Waals surface area contributed by atoms with Crippen molar-refractivity contribution in [2.24, 2.45) is 5.92 Å². The molecule has 1 aliphatic heterocycles. The van der Waals surface area contributed by atoms with E-state index in [1.54, 1.807) is 24.3 Å². The molecule has 1 atom stereocenters. The molecule has 26 heavy (non-hydrogen) atoms. The molecule has 1 aliphatic rings. The second kappa shape index (κ2) is 7.86. The second-order valence-electron chi connectivity index (χ2n) is 6.28. The molecule has 0 aliphatic carbocycles. The first-order valence-corrected chi connectivity index (χ1v) is 8.43. The molecule has 0 unspecified atom stereocenters. The molecule has 0 radical (unpaired) electrons. The van der Waals surface area contributed by atoms with Crippen LogP contribution in [-0.4, -0.2) is 30.6 Å². The van der Waals surface area contributed by atoms with Gasteiger partial charge in [-0.3, -0.25) is 9.78 Å². The van der Waals surface area contributed by atoms with E-state index < -0.39 is 11.9 Å². The predicted molar refractivity (Wildman–Crippen MR) is 90.6 cm³/mol. The number of hydrogen-bond donors (Lipinski definition) is 1. The van der Waals surface area contributed by atoms with Crippen LogP contribution in [0.25, 0.3) is 11.1 Å². The summed E-state index contributed by atoms with van der Waals surface area (Å²) < 4.78 is 43.0. The number of nitrogens with one attached hydrogen (secondary N) is 1. The van der Waals surface area contributed by atoms with Crippen LogP contribution < -0.4 is 5.32 Å². The van der Waals surface area contributed by atoms with Crippen molar-refractivity contribution >= 4 is 5.91 Å². The van der Waals surface area contributed by atoms with E-state index in [0.717, 1.165) is 32.1 Å². The number of pyridine rings is 1. The standard InChI is InChI=1S/C19H19F3N2O2/c20-19(21,22)17-6-5-16(11-24-17)14-1-3-15(4-2-14)18(25)23-9-7-13-8-10-26-12-13/h1-6,11,13H,7-10,12H2,(H,23,25)/t13-/m1/s1. The van der Waals surface area contributed by atoms with Crippen LogP contribution in [0.1, 0.15) is 28.9 Å². The minimum absolute atomic E-state index is 0.166. The minimum Gasteiger partial charge on any atom is -0.381 e. The van der Waals surface area contributed by atoms with Gasteiger partial charge in [0.05, 0.1) is 0 Å². The van der Waals surface area contributed by atoms with Crippen LogP contribution in [0.15, 0.2) is 42.6 Å². The molecular weight excluding hydrogens is 345 g/mol. The van der Waals surface area contributed by atoms with Gasteiger partial charge in [-0.25, -0.2) is 0 Å². The Morgan fingerprint density at radius 3 is 2.46 bits per heavy atom. The fourth-order valence-corrected chi connectivity index (χ4v) is 2.85. The lowest BCUT2D eigenvalue weighted by Gasteiger charge is -2.10. The van der Waals surface area contributed by atoms with E-state index >= 15 is 0 Å². The molecular formula is C19H19F3N2O2. The molecule has 138 valence electrons. The Kier molecular flexibility index (Phi) is 5.56. The zero-order chi connectivity index (χ0) is 18.6. The highest BCUT2D eigenvalue weighted by molar-refractivity contribution is 5.94. The highest BCUT2D eigenvalue weighted by Gasteiger charge is 2.32. The summed E-state index contributed by atoms with van der Waals surface area (Å²) in [4.78, 5) is 15.6. The third kappa shape index (κ3) is 4.60. The summed E-state index contributed by atoms with van der Waals surface area (Å²) in [6, 6.07) is 9.02. The number of alkyl halides is 3. The van der Waals surface area contributed by atoms with Crippen LogP contribution >= 0.6 is 0 Å². The first kappa shape index (κ1) is 18.4. The van der Waals surface area contributed by atoms with Crippen molar-refractivity contribution in [2.75, 3.05) is 19.8 Å². The lowest BCUT2D eigenvalue weighted by atomic mass is 10.0. The quantitative estimate of drug-likeness (QED) is 0.875. The SMILES string of the molecule is O=C(NCC[C@@H]1CCOC1)c1ccc(-c2ccc(C(F)(F)F)nc2)cc1. The first-order chi connectivity index (χ1) is 12.4. The minimum atomic E-state index is -4.45. The normalized spacial score (nSPS) is 17.3. The zero-order valence-electron chi connectivity index (χ0n) is 14.1. The van der Waals surface area contributed by atoms with Crippen molar-refractivity contribution in [2.45, 2.75) is 19.0 Å². The Hall–Kier alpha value is -2.41. The number of nitrogens with zero attached hydrogens (tertiary/aromatic N) is 1. The summed E-state index contributed by atoms with van der Waals surface area (Å²) in [7, 11) is 0. The van der Waals surface area contributed by atoms with E-state index in [9.17, 15) is 18.0 Å². The van der Waals surface area contributed by atoms with Crippen LogP contribution in [0.4, 0.5) is 13.2 Å². The maximum Gasteiger partial charge on any atom is 0.433 e. The summed E-state index contributed by atoms with van der Waals surface area (Å²) in [5.41, 5.74) is 0.846. The van der Waals surface area contributed by atoms with E-state index in [0.29, 0.717) is 29.2 Å². The maximum absolute atomic E-state index is 12.6. The van der Waals surface area contributed by atoms with E-state index in [4.69, 9.17) is 4.74 Å². The third-order valence-corrected chi connectivity index (χ3v) is 4.40. The number of aromatic nitrogens is 1. The van der Waals surface area contributed by atoms with Crippen LogP contribution in [0.5, 0.6) is 0 Å². The van der Waals surface area contributed by atoms with E-state index in [2.05, 4.69) is 10.3 Å². The van der Waals surface area contributed by atoms with Gasteiger partial charge in [0.25, 0.3) is 5.91 Å². The number of carbonyl (C=O) groups is 1. The third-order valence-electron chi connectivity index (χ3n) is 4.40. The zero-order valence-corrected chi connectivity index (χ0v) is 14.1. The topological polar surface area (TPSA) is 51.2 Å². The molecule has 1 N–H and O–H groups in total. The molecule has 3 rings (SSSR count). The predicted octanol–water partition coefficient (Wildman–Crippen LogP) is 3.92. The molecule has 0 bridgehead atoms. The van der Waals surface area contributed by atoms with Gasteiger partial charge in [0.15, 0.2) is 0 Å². The fraction of sp³-hybridized carbons (Fsp3) is 0.368. The van der Waals surface area contributed by atoms with E-state index in [1.807, 2.05) is 0 Å². The van der Waals surface area contributed by atoms with Crippen molar-refractivity contribution in [1.82, 2.24) is 10.3 Å². The van der Waals surface area contributed by atoms with Crippen LogP contribution in [0, 0.1) is 5.92 Å². The van der Waals surface area contributed by atoms with Gasteiger partial charge in [0, 0.05) is 37.1 Å². The maximum atomic E-state index is 12.6. The van der Waals surface area contributed by atoms with Crippen molar-refractivity contribution in [3.05, 3.63) is 53.9 Å². The lowest BCUT2D eigenvalue weighted by Crippen LogP contribution is -2.26. The number of ether oxygens (including phenoxy) is 1. The monoisotopic (exact) mass is 364 g/mol. The Bertz CT molecular complexity index is 737. The molecule has 2 aromatic rings. The van der Waals surface area contributed by atoms with Crippen molar-refractivity contribution in [3.8, 4) is 11.1 Å². The van der Waals surface area contributed by atoms with Crippen LogP contribution in [-0.2, 0) is 10.9 Å². The molecule has 1 aromatic heterocycles. The van der Waals surface area contributed by atoms with Gasteiger partial charge in [-0.2, -0.15) is 13.2 Å². The van der Waals surface area contributed by atoms with Gasteiger partial charge in [-0.05, 0) is 42.5 Å². The summed E-state index contributed by atoms with van der Waals surface area (Å²) in [6.45, 7) is 2.14. The molecule has 7 heteroatoms. The summed E-state index contributed by atoms with van der Waals surface area (Å²) in [5, 5.41) is 2.88. The van der Waals surface area contributed by atoms with E-state index in [1.165, 1.54) is 12.3 Å². The molecule has 1 saturated heterocycles. The fourth-order valence-electron chi connectivity index (χ4n) is 2.85. The molecule has 0 spiro atoms. The van der Waals surface area contributed by atoms with Gasteiger partial charge in [0.2, 0.25) is 0 Å². The number of carbonyl (C=O) groups excluding carboxylic acids is 1. The van der Waals surface area contributed by atoms with Gasteiger partial charge < -0.3 is 10.1 Å². The molecule has 2 heterocycles. The lowest BCUT2D eigenvalue weighted by molar-refractivity contribution is -0.141. The molecule has 1 aromatic carbocycles. The Balaban J connectivity index is 1.58. The number of halogens is 3. The number of hydrogen-bond acceptors (Lipinski definition) is 3. The van der Waals surface area contributed by atoms with Crippen molar-refractivity contribution in [3.63, 3.8) is 0 Å². The summed E-state index contributed by atoms with van der Waals surface area (Å²) in [6.07, 6.45) is -1.35. The number of amides is 1. The Morgan fingerprint density at radius 2 is 1.88 bits per heavy atom. The molecule has 1 fully saturated rings. The van der Waals surface area contributed by atoms with E-state index in [-0.39, 0.29) is 5.91 Å². The Morgan fingerprint density at radius 1 is 1.15 bits per heavy atom. The highest BCUT2D eigenvalue weighted by Crippen LogP contribution is 2.29. The van der Waals surface area contributed by atoms with Gasteiger partial charge >= 0.3 is 6.18 Å². The van der Waals surface area contributed by atoms with Crippen LogP contribution in [0.2, 0.25) is 0 Å². The highest BCUT2D eigenvalue weighted by atomic mass is 19.4. The van der Waals surface area contributed by atoms with Crippen molar-refractivity contribution in [1.29, 1.82) is 0 Å². The van der Waals surface area contributed by atoms with Crippen molar-refractivity contribution < 1.29 is 22.7 Å². The van der Waals surface area contributed by atoms with Gasteiger partial charge in [0.1, 0.15) is 5.69 Å². The second-order valence-corrected chi connectivity index (χ2v) is 6.28. The number of benzene rings is 1. The average Bonchev–Trinajstić information content (AvgIpc) is 3.15. The van der Waals surface area contributed by atoms with Gasteiger partial charge in [-0.1, -0.05) is 18.2 Å². The molecule has 0 saturated carbocycles. The Labute approximate surface area is 149 Å². The summed E-state index contributed by atoms with van der Waals surface area (Å²) in [5.74, 6) is 0.339. The number of rotatable bonds is 5. The smallest absolute Gasteiger partial charge is 0.381 e. The average molecular weight is 364 g/mol. The summed E-state index contributed by atoms with van der Waals surface area (Å²) >= 11 is 0. The first-order valence-electron chi connectivity index (χ1n) is 8.43.